The van der Waals surface area contributed by atoms with E-state index in [1.165, 1.54) is 24.6 Å². The summed E-state index contributed by atoms with van der Waals surface area (Å²) in [4.78, 5) is 12.6. The molecule has 35 heavy (non-hydrogen) atoms. The number of hydrogen-bond donors (Lipinski definition) is 1. The van der Waals surface area contributed by atoms with E-state index in [1.54, 1.807) is 30.3 Å². The molecule has 0 spiro atoms. The number of nitrogens with zero attached hydrogens (tertiary/aromatic N) is 1. The van der Waals surface area contributed by atoms with Gasteiger partial charge in [0.15, 0.2) is 11.5 Å². The molecule has 5 nitrogen and oxygen atoms in total. The molecule has 0 aromatic heterocycles. The molecule has 0 saturated heterocycles. The zero-order valence-corrected chi connectivity index (χ0v) is 20.2. The fraction of sp³-hybridized carbons (Fsp3) is 0.0714. The third-order valence-corrected chi connectivity index (χ3v) is 5.99. The van der Waals surface area contributed by atoms with Gasteiger partial charge < -0.3 is 14.8 Å². The van der Waals surface area contributed by atoms with Gasteiger partial charge in [0.05, 0.1) is 17.2 Å². The highest BCUT2D eigenvalue weighted by Gasteiger charge is 2.12. The van der Waals surface area contributed by atoms with Gasteiger partial charge in [-0.25, -0.2) is 0 Å². The first-order valence-corrected chi connectivity index (χ1v) is 11.4. The molecule has 1 N–H and O–H groups in total. The highest BCUT2D eigenvalue weighted by atomic mass is 35.5. The van der Waals surface area contributed by atoms with Gasteiger partial charge in [0, 0.05) is 5.69 Å². The Morgan fingerprint density at radius 1 is 0.943 bits per heavy atom. The molecule has 1 amide bonds. The predicted molar refractivity (Wildman–Crippen MR) is 140 cm³/mol. The molecular formula is C28H20Cl2N2O3. The van der Waals surface area contributed by atoms with E-state index >= 15 is 0 Å². The molecule has 0 aliphatic rings. The topological polar surface area (TPSA) is 71.3 Å². The van der Waals surface area contributed by atoms with Crippen LogP contribution in [0.15, 0.2) is 84.4 Å². The highest BCUT2D eigenvalue weighted by Crippen LogP contribution is 2.30. The van der Waals surface area contributed by atoms with Crippen molar-refractivity contribution in [2.24, 2.45) is 0 Å². The van der Waals surface area contributed by atoms with Crippen molar-refractivity contribution in [2.45, 2.75) is 6.61 Å². The molecule has 0 aliphatic carbocycles. The molecule has 4 aromatic rings. The number of carbonyl (C=O) groups is 1. The number of hydrogen-bond acceptors (Lipinski definition) is 4. The van der Waals surface area contributed by atoms with Crippen LogP contribution in [0.25, 0.3) is 16.8 Å². The average Bonchev–Trinajstić information content (AvgIpc) is 2.88. The monoisotopic (exact) mass is 502 g/mol. The van der Waals surface area contributed by atoms with E-state index < -0.39 is 5.91 Å². The van der Waals surface area contributed by atoms with E-state index in [1.807, 2.05) is 24.3 Å². The second kappa shape index (κ2) is 11.0. The van der Waals surface area contributed by atoms with Crippen molar-refractivity contribution >= 4 is 51.6 Å². The molecular weight excluding hydrogens is 483 g/mol. The number of rotatable bonds is 7. The van der Waals surface area contributed by atoms with Gasteiger partial charge in [0.25, 0.3) is 5.91 Å². The van der Waals surface area contributed by atoms with Crippen molar-refractivity contribution in [3.8, 4) is 17.6 Å². The Bertz CT molecular complexity index is 1480. The number of benzene rings is 4. The van der Waals surface area contributed by atoms with E-state index in [0.29, 0.717) is 39.4 Å². The predicted octanol–water partition coefficient (Wildman–Crippen LogP) is 7.28. The van der Waals surface area contributed by atoms with Crippen LogP contribution in [0.5, 0.6) is 11.5 Å². The van der Waals surface area contributed by atoms with Crippen molar-refractivity contribution in [1.82, 2.24) is 0 Å². The lowest BCUT2D eigenvalue weighted by Gasteiger charge is -2.12. The Kier molecular flexibility index (Phi) is 7.57. The molecule has 4 rings (SSSR count). The first-order chi connectivity index (χ1) is 17.0. The fourth-order valence-corrected chi connectivity index (χ4v) is 3.77. The maximum absolute atomic E-state index is 12.6. The minimum absolute atomic E-state index is 0.0806. The Morgan fingerprint density at radius 2 is 1.74 bits per heavy atom. The van der Waals surface area contributed by atoms with Gasteiger partial charge in [-0.15, -0.1) is 0 Å². The number of anilines is 1. The van der Waals surface area contributed by atoms with E-state index in [-0.39, 0.29) is 5.57 Å². The SMILES string of the molecule is COc1cc(/C=C(\C#N)C(=O)Nc2ccc(Cl)c(Cl)c2)ccc1OCc1ccc2ccccc2c1. The number of fused-ring (bicyclic) bond motifs is 1. The highest BCUT2D eigenvalue weighted by molar-refractivity contribution is 6.42. The Balaban J connectivity index is 1.49. The van der Waals surface area contributed by atoms with Crippen molar-refractivity contribution < 1.29 is 14.3 Å². The van der Waals surface area contributed by atoms with Gasteiger partial charge >= 0.3 is 0 Å². The summed E-state index contributed by atoms with van der Waals surface area (Å²) in [6, 6.07) is 26.1. The van der Waals surface area contributed by atoms with Crippen LogP contribution in [0, 0.1) is 11.3 Å². The number of nitriles is 1. The second-order valence-corrected chi connectivity index (χ2v) is 8.45. The third kappa shape index (κ3) is 5.93. The van der Waals surface area contributed by atoms with Crippen LogP contribution in [0.4, 0.5) is 5.69 Å². The lowest BCUT2D eigenvalue weighted by molar-refractivity contribution is -0.112. The van der Waals surface area contributed by atoms with Crippen LogP contribution in [-0.2, 0) is 11.4 Å². The number of amides is 1. The largest absolute Gasteiger partial charge is 0.493 e. The van der Waals surface area contributed by atoms with Crippen LogP contribution in [0.1, 0.15) is 11.1 Å². The summed E-state index contributed by atoms with van der Waals surface area (Å²) >= 11 is 11.9. The number of methoxy groups -OCH3 is 1. The first-order valence-electron chi connectivity index (χ1n) is 10.6. The van der Waals surface area contributed by atoms with Crippen LogP contribution in [0.2, 0.25) is 10.0 Å². The molecule has 0 aliphatic heterocycles. The summed E-state index contributed by atoms with van der Waals surface area (Å²) in [5.41, 5.74) is 1.99. The molecule has 7 heteroatoms. The summed E-state index contributed by atoms with van der Waals surface area (Å²) < 4.78 is 11.5. The normalized spacial score (nSPS) is 11.1. The smallest absolute Gasteiger partial charge is 0.266 e. The van der Waals surface area contributed by atoms with E-state index in [4.69, 9.17) is 32.7 Å². The molecule has 0 saturated carbocycles. The van der Waals surface area contributed by atoms with Gasteiger partial charge in [-0.05, 0) is 64.4 Å². The van der Waals surface area contributed by atoms with Gasteiger partial charge in [0.2, 0.25) is 0 Å². The van der Waals surface area contributed by atoms with Crippen LogP contribution in [-0.4, -0.2) is 13.0 Å². The molecule has 0 bridgehead atoms. The zero-order valence-electron chi connectivity index (χ0n) is 18.7. The lowest BCUT2D eigenvalue weighted by Crippen LogP contribution is -2.13. The van der Waals surface area contributed by atoms with Gasteiger partial charge in [0.1, 0.15) is 18.2 Å². The molecule has 0 fully saturated rings. The maximum atomic E-state index is 12.6. The van der Waals surface area contributed by atoms with Crippen LogP contribution >= 0.6 is 23.2 Å². The van der Waals surface area contributed by atoms with Crippen molar-refractivity contribution in [3.63, 3.8) is 0 Å². The van der Waals surface area contributed by atoms with E-state index in [2.05, 4.69) is 29.6 Å². The van der Waals surface area contributed by atoms with Gasteiger partial charge in [-0.3, -0.25) is 4.79 Å². The summed E-state index contributed by atoms with van der Waals surface area (Å²) in [6.07, 6.45) is 1.47. The third-order valence-electron chi connectivity index (χ3n) is 5.25. The molecule has 174 valence electrons. The standard InChI is InChI=1S/C28H20Cl2N2O3/c1-34-27-14-18(12-22(16-31)28(33)32-23-9-10-24(29)25(30)15-23)7-11-26(27)35-17-19-6-8-20-4-2-3-5-21(20)13-19/h2-15H,17H2,1H3,(H,32,33)/b22-12+. The number of carbonyl (C=O) groups excluding carboxylic acids is 1. The summed E-state index contributed by atoms with van der Waals surface area (Å²) in [5, 5.41) is 15.1. The zero-order chi connectivity index (χ0) is 24.8. The number of halogens is 2. The number of nitrogens with one attached hydrogen (secondary N) is 1. The molecule has 0 radical (unpaired) electrons. The van der Waals surface area contributed by atoms with Crippen molar-refractivity contribution in [2.75, 3.05) is 12.4 Å². The first kappa shape index (κ1) is 24.2. The Morgan fingerprint density at radius 3 is 2.49 bits per heavy atom. The number of ether oxygens (including phenoxy) is 2. The molecule has 4 aromatic carbocycles. The Labute approximate surface area is 213 Å². The fourth-order valence-electron chi connectivity index (χ4n) is 3.47. The Hall–Kier alpha value is -3.98. The second-order valence-electron chi connectivity index (χ2n) is 7.63. The lowest BCUT2D eigenvalue weighted by atomic mass is 10.1. The minimum atomic E-state index is -0.568. The molecule has 0 atom stereocenters. The van der Waals surface area contributed by atoms with Crippen LogP contribution < -0.4 is 14.8 Å². The quantitative estimate of drug-likeness (QED) is 0.213. The van der Waals surface area contributed by atoms with Crippen molar-refractivity contribution in [3.05, 3.63) is 106 Å². The van der Waals surface area contributed by atoms with Crippen molar-refractivity contribution in [1.29, 1.82) is 5.26 Å². The van der Waals surface area contributed by atoms with E-state index in [9.17, 15) is 10.1 Å². The maximum Gasteiger partial charge on any atom is 0.266 e. The van der Waals surface area contributed by atoms with Crippen LogP contribution in [0.3, 0.4) is 0 Å². The summed E-state index contributed by atoms with van der Waals surface area (Å²) in [5.74, 6) is 0.472. The van der Waals surface area contributed by atoms with Gasteiger partial charge in [-0.1, -0.05) is 65.7 Å². The molecule has 0 heterocycles. The minimum Gasteiger partial charge on any atom is -0.493 e. The van der Waals surface area contributed by atoms with E-state index in [0.717, 1.165) is 10.9 Å². The summed E-state index contributed by atoms with van der Waals surface area (Å²) in [7, 11) is 1.54. The average molecular weight is 503 g/mol. The summed E-state index contributed by atoms with van der Waals surface area (Å²) in [6.45, 7) is 0.367. The molecule has 0 unspecified atom stereocenters. The van der Waals surface area contributed by atoms with Gasteiger partial charge in [-0.2, -0.15) is 5.26 Å².